The van der Waals surface area contributed by atoms with Crippen LogP contribution in [-0.4, -0.2) is 35.3 Å². The highest BCUT2D eigenvalue weighted by Crippen LogP contribution is 2.23. The molecule has 1 N–H and O–H groups in total. The van der Waals surface area contributed by atoms with Crippen LogP contribution in [0.4, 0.5) is 0 Å². The summed E-state index contributed by atoms with van der Waals surface area (Å²) in [6, 6.07) is 7.15. The van der Waals surface area contributed by atoms with Crippen molar-refractivity contribution in [3.05, 3.63) is 33.8 Å². The number of hydrogen-bond donors (Lipinski definition) is 1. The summed E-state index contributed by atoms with van der Waals surface area (Å²) in [5.41, 5.74) is -0.674. The van der Waals surface area contributed by atoms with Gasteiger partial charge in [0.1, 0.15) is 0 Å². The summed E-state index contributed by atoms with van der Waals surface area (Å²) in [5.74, 6) is 0.300. The third-order valence-electron chi connectivity index (χ3n) is 2.96. The molecule has 0 spiro atoms. The molecule has 22 heavy (non-hydrogen) atoms. The van der Waals surface area contributed by atoms with Crippen LogP contribution in [0.3, 0.4) is 0 Å². The maximum atomic E-state index is 11.2. The van der Waals surface area contributed by atoms with E-state index in [4.69, 9.17) is 28.5 Å². The van der Waals surface area contributed by atoms with Gasteiger partial charge in [-0.1, -0.05) is 29.3 Å². The van der Waals surface area contributed by atoms with Gasteiger partial charge in [-0.25, -0.2) is 0 Å². The van der Waals surface area contributed by atoms with Crippen LogP contribution >= 0.6 is 35.0 Å². The molecule has 0 bridgehead atoms. The van der Waals surface area contributed by atoms with Gasteiger partial charge in [0, 0.05) is 15.8 Å². The molecule has 0 aliphatic carbocycles. The highest BCUT2D eigenvalue weighted by atomic mass is 35.5. The summed E-state index contributed by atoms with van der Waals surface area (Å²) in [4.78, 5) is 11.2. The van der Waals surface area contributed by atoms with Crippen LogP contribution in [0.25, 0.3) is 0 Å². The van der Waals surface area contributed by atoms with E-state index in [0.29, 0.717) is 10.0 Å². The molecule has 0 aromatic heterocycles. The Labute approximate surface area is 144 Å². The summed E-state index contributed by atoms with van der Waals surface area (Å²) >= 11 is 13.3. The maximum Gasteiger partial charge on any atom is 0.309 e. The lowest BCUT2D eigenvalue weighted by Crippen LogP contribution is -2.33. The van der Waals surface area contributed by atoms with Crippen LogP contribution in [0, 0.1) is 11.3 Å². The summed E-state index contributed by atoms with van der Waals surface area (Å²) < 4.78 is 4.47. The van der Waals surface area contributed by atoms with E-state index in [1.807, 2.05) is 6.07 Å². The fraction of sp³-hybridized carbons (Fsp3) is 0.467. The largest absolute Gasteiger partial charge is 0.469 e. The van der Waals surface area contributed by atoms with Crippen LogP contribution in [0.1, 0.15) is 18.4 Å². The molecule has 1 atom stereocenters. The van der Waals surface area contributed by atoms with Gasteiger partial charge in [0.2, 0.25) is 0 Å². The van der Waals surface area contributed by atoms with Crippen molar-refractivity contribution in [1.82, 2.24) is 0 Å². The van der Waals surface area contributed by atoms with Crippen molar-refractivity contribution in [1.29, 1.82) is 5.26 Å². The molecule has 1 aromatic carbocycles. The number of hydrogen-bond acceptors (Lipinski definition) is 5. The third-order valence-corrected chi connectivity index (χ3v) is 4.81. The van der Waals surface area contributed by atoms with Gasteiger partial charge in [0.25, 0.3) is 0 Å². The maximum absolute atomic E-state index is 11.2. The second kappa shape index (κ2) is 9.26. The van der Waals surface area contributed by atoms with Crippen molar-refractivity contribution >= 4 is 40.9 Å². The molecule has 0 amide bonds. The molecule has 0 radical (unpaired) electrons. The first-order chi connectivity index (χ1) is 10.4. The number of nitrogens with zero attached hydrogens (tertiary/aromatic N) is 1. The molecule has 0 aliphatic rings. The third kappa shape index (κ3) is 6.45. The Morgan fingerprint density at radius 2 is 2.23 bits per heavy atom. The van der Waals surface area contributed by atoms with Crippen molar-refractivity contribution in [3.63, 3.8) is 0 Å². The lowest BCUT2D eigenvalue weighted by atomic mass is 10.1. The number of benzene rings is 1. The zero-order valence-corrected chi connectivity index (χ0v) is 14.5. The van der Waals surface area contributed by atoms with Gasteiger partial charge in [0.15, 0.2) is 5.60 Å². The fourth-order valence-electron chi connectivity index (χ4n) is 1.76. The molecular weight excluding hydrogens is 345 g/mol. The van der Waals surface area contributed by atoms with Gasteiger partial charge in [-0.15, -0.1) is 0 Å². The topological polar surface area (TPSA) is 70.3 Å². The molecule has 0 saturated heterocycles. The molecule has 120 valence electrons. The number of nitriles is 1. The molecule has 1 unspecified atom stereocenters. The van der Waals surface area contributed by atoms with Crippen LogP contribution in [0.2, 0.25) is 10.0 Å². The summed E-state index contributed by atoms with van der Waals surface area (Å²) in [5, 5.41) is 20.2. The predicted molar refractivity (Wildman–Crippen MR) is 89.3 cm³/mol. The van der Waals surface area contributed by atoms with Gasteiger partial charge >= 0.3 is 5.97 Å². The summed E-state index contributed by atoms with van der Waals surface area (Å²) in [6.45, 7) is 0. The highest BCUT2D eigenvalue weighted by Gasteiger charge is 2.30. The Hall–Kier alpha value is -0.930. The van der Waals surface area contributed by atoms with Gasteiger partial charge in [0.05, 0.1) is 19.6 Å². The Balaban J connectivity index is 2.35. The molecule has 1 rings (SSSR count). The Morgan fingerprint density at radius 3 is 2.82 bits per heavy atom. The molecular formula is C15H17Cl2NO3S. The number of halogens is 2. The van der Waals surface area contributed by atoms with Crippen LogP contribution < -0.4 is 0 Å². The smallest absolute Gasteiger partial charge is 0.309 e. The van der Waals surface area contributed by atoms with E-state index in [9.17, 15) is 9.90 Å². The van der Waals surface area contributed by atoms with Crippen molar-refractivity contribution in [2.75, 3.05) is 18.6 Å². The SMILES string of the molecule is COC(=O)CC(O)(C#N)CSCCCc1ccc(Cl)cc1Cl. The van der Waals surface area contributed by atoms with Crippen LogP contribution in [0.5, 0.6) is 0 Å². The van der Waals surface area contributed by atoms with Gasteiger partial charge in [-0.2, -0.15) is 17.0 Å². The number of carbonyl (C=O) groups is 1. The van der Waals surface area contributed by atoms with Gasteiger partial charge in [-0.3, -0.25) is 4.79 Å². The molecule has 7 heteroatoms. The van der Waals surface area contributed by atoms with Crippen molar-refractivity contribution in [2.45, 2.75) is 24.9 Å². The minimum Gasteiger partial charge on any atom is -0.469 e. The number of carbonyl (C=O) groups excluding carboxylic acids is 1. The van der Waals surface area contributed by atoms with E-state index < -0.39 is 11.6 Å². The summed E-state index contributed by atoms with van der Waals surface area (Å²) in [7, 11) is 1.23. The number of esters is 1. The number of methoxy groups -OCH3 is 1. The second-order valence-electron chi connectivity index (χ2n) is 4.79. The number of ether oxygens (including phenoxy) is 1. The highest BCUT2D eigenvalue weighted by molar-refractivity contribution is 7.99. The normalized spacial score (nSPS) is 13.2. The van der Waals surface area contributed by atoms with Crippen molar-refractivity contribution in [3.8, 4) is 6.07 Å². The second-order valence-corrected chi connectivity index (χ2v) is 6.74. The van der Waals surface area contributed by atoms with Crippen molar-refractivity contribution < 1.29 is 14.6 Å². The number of aliphatic hydroxyl groups is 1. The lowest BCUT2D eigenvalue weighted by molar-refractivity contribution is -0.143. The molecule has 0 fully saturated rings. The Morgan fingerprint density at radius 1 is 1.50 bits per heavy atom. The molecule has 1 aromatic rings. The standard InChI is InChI=1S/C15H17Cl2NO3S/c1-21-14(19)8-15(20,9-18)10-22-6-2-3-11-4-5-12(16)7-13(11)17/h4-5,7,20H,2-3,6,8,10H2,1H3. The first-order valence-electron chi connectivity index (χ1n) is 6.62. The molecule has 0 aliphatic heterocycles. The number of thioether (sulfide) groups is 1. The molecule has 0 heterocycles. The monoisotopic (exact) mass is 361 g/mol. The van der Waals surface area contributed by atoms with Crippen molar-refractivity contribution in [2.24, 2.45) is 0 Å². The van der Waals surface area contributed by atoms with E-state index >= 15 is 0 Å². The zero-order valence-electron chi connectivity index (χ0n) is 12.1. The van der Waals surface area contributed by atoms with E-state index in [-0.39, 0.29) is 12.2 Å². The fourth-order valence-corrected chi connectivity index (χ4v) is 3.26. The van der Waals surface area contributed by atoms with Gasteiger partial charge < -0.3 is 9.84 Å². The Bertz CT molecular complexity index is 562. The van der Waals surface area contributed by atoms with Crippen LogP contribution in [-0.2, 0) is 16.0 Å². The quantitative estimate of drug-likeness (QED) is 0.436. The number of rotatable bonds is 8. The first-order valence-corrected chi connectivity index (χ1v) is 8.53. The minimum atomic E-state index is -1.68. The minimum absolute atomic E-state index is 0.160. The van der Waals surface area contributed by atoms with E-state index in [2.05, 4.69) is 4.74 Å². The van der Waals surface area contributed by atoms with Gasteiger partial charge in [-0.05, 0) is 36.3 Å². The summed E-state index contributed by atoms with van der Waals surface area (Å²) in [6.07, 6.45) is 1.30. The lowest BCUT2D eigenvalue weighted by Gasteiger charge is -2.18. The van der Waals surface area contributed by atoms with Crippen LogP contribution in [0.15, 0.2) is 18.2 Å². The molecule has 4 nitrogen and oxygen atoms in total. The average molecular weight is 362 g/mol. The van der Waals surface area contributed by atoms with E-state index in [1.165, 1.54) is 18.9 Å². The van der Waals surface area contributed by atoms with E-state index in [1.54, 1.807) is 18.2 Å². The zero-order chi connectivity index (χ0) is 16.6. The van der Waals surface area contributed by atoms with E-state index in [0.717, 1.165) is 24.2 Å². The first kappa shape index (κ1) is 19.1. The molecule has 0 saturated carbocycles. The number of aryl methyl sites for hydroxylation is 1. The average Bonchev–Trinajstić information content (AvgIpc) is 2.48. The predicted octanol–water partition coefficient (Wildman–Crippen LogP) is 3.48. The Kier molecular flexibility index (Phi) is 8.05.